The molecular formula is C13H21N3O. The molecule has 0 saturated heterocycles. The van der Waals surface area contributed by atoms with Gasteiger partial charge in [0.1, 0.15) is 0 Å². The fourth-order valence-corrected chi connectivity index (χ4v) is 1.54. The molecule has 0 aliphatic carbocycles. The summed E-state index contributed by atoms with van der Waals surface area (Å²) in [4.78, 5) is 15.9. The Morgan fingerprint density at radius 1 is 1.47 bits per heavy atom. The topological polar surface area (TPSA) is 68.0 Å². The van der Waals surface area contributed by atoms with E-state index >= 15 is 0 Å². The summed E-state index contributed by atoms with van der Waals surface area (Å²) in [6.07, 6.45) is 1.99. The molecule has 0 radical (unpaired) electrons. The first kappa shape index (κ1) is 13.6. The first-order valence-corrected chi connectivity index (χ1v) is 5.83. The summed E-state index contributed by atoms with van der Waals surface area (Å²) in [6, 6.07) is 5.53. The number of nitrogens with two attached hydrogens (primary N) is 1. The van der Waals surface area contributed by atoms with Gasteiger partial charge in [-0.2, -0.15) is 0 Å². The van der Waals surface area contributed by atoms with Crippen LogP contribution in [0.25, 0.3) is 0 Å². The maximum absolute atomic E-state index is 11.8. The Bertz CT molecular complexity index is 357. The predicted octanol–water partition coefficient (Wildman–Crippen LogP) is 1.11. The van der Waals surface area contributed by atoms with Crippen molar-refractivity contribution in [3.8, 4) is 0 Å². The summed E-state index contributed by atoms with van der Waals surface area (Å²) in [5, 5.41) is 2.95. The van der Waals surface area contributed by atoms with Crippen LogP contribution < -0.4 is 11.1 Å². The van der Waals surface area contributed by atoms with Gasteiger partial charge in [0.05, 0.1) is 6.42 Å². The molecule has 1 heterocycles. The van der Waals surface area contributed by atoms with Gasteiger partial charge in [0.2, 0.25) is 5.91 Å². The van der Waals surface area contributed by atoms with Crippen LogP contribution in [-0.4, -0.2) is 23.5 Å². The normalized spacial score (nSPS) is 13.2. The molecule has 1 aromatic heterocycles. The molecule has 0 aliphatic rings. The second kappa shape index (κ2) is 5.77. The molecule has 1 aromatic rings. The summed E-state index contributed by atoms with van der Waals surface area (Å²) in [7, 11) is 0. The van der Waals surface area contributed by atoms with Crippen LogP contribution in [0.15, 0.2) is 24.4 Å². The van der Waals surface area contributed by atoms with Crippen molar-refractivity contribution in [3.05, 3.63) is 30.1 Å². The number of nitrogens with one attached hydrogen (secondary N) is 1. The fraction of sp³-hybridized carbons (Fsp3) is 0.538. The molecule has 17 heavy (non-hydrogen) atoms. The number of carbonyl (C=O) groups is 1. The summed E-state index contributed by atoms with van der Waals surface area (Å²) in [6.45, 7) is 6.63. The second-order valence-corrected chi connectivity index (χ2v) is 5.22. The van der Waals surface area contributed by atoms with Gasteiger partial charge < -0.3 is 11.1 Å². The van der Waals surface area contributed by atoms with E-state index in [1.807, 2.05) is 18.2 Å². The van der Waals surface area contributed by atoms with Crippen LogP contribution in [-0.2, 0) is 11.2 Å². The average molecular weight is 235 g/mol. The van der Waals surface area contributed by atoms with Crippen LogP contribution in [0.3, 0.4) is 0 Å². The number of pyridine rings is 1. The highest BCUT2D eigenvalue weighted by Crippen LogP contribution is 2.18. The lowest BCUT2D eigenvalue weighted by atomic mass is 9.86. The van der Waals surface area contributed by atoms with Gasteiger partial charge in [0.25, 0.3) is 0 Å². The molecule has 3 N–H and O–H groups in total. The quantitative estimate of drug-likeness (QED) is 0.821. The molecule has 4 heteroatoms. The van der Waals surface area contributed by atoms with Gasteiger partial charge in [-0.15, -0.1) is 0 Å². The number of amides is 1. The largest absolute Gasteiger partial charge is 0.351 e. The average Bonchev–Trinajstić information content (AvgIpc) is 2.25. The van der Waals surface area contributed by atoms with Crippen molar-refractivity contribution < 1.29 is 4.79 Å². The molecule has 0 aromatic carbocycles. The van der Waals surface area contributed by atoms with Gasteiger partial charge in [-0.1, -0.05) is 26.8 Å². The third kappa shape index (κ3) is 4.53. The molecular weight excluding hydrogens is 214 g/mol. The lowest BCUT2D eigenvalue weighted by Gasteiger charge is -2.30. The number of nitrogens with zero attached hydrogens (tertiary/aromatic N) is 1. The van der Waals surface area contributed by atoms with Crippen molar-refractivity contribution >= 4 is 5.91 Å². The minimum absolute atomic E-state index is 0.0151. The van der Waals surface area contributed by atoms with Gasteiger partial charge in [-0.25, -0.2) is 0 Å². The summed E-state index contributed by atoms with van der Waals surface area (Å²) in [5.74, 6) is -0.0333. The van der Waals surface area contributed by atoms with Crippen molar-refractivity contribution in [2.24, 2.45) is 11.1 Å². The van der Waals surface area contributed by atoms with E-state index in [-0.39, 0.29) is 17.4 Å². The Balaban J connectivity index is 2.55. The van der Waals surface area contributed by atoms with Crippen molar-refractivity contribution in [2.45, 2.75) is 33.2 Å². The zero-order valence-corrected chi connectivity index (χ0v) is 10.7. The Morgan fingerprint density at radius 2 is 2.18 bits per heavy atom. The molecule has 0 aliphatic heterocycles. The minimum atomic E-state index is -0.0333. The lowest BCUT2D eigenvalue weighted by molar-refractivity contribution is -0.121. The molecule has 1 amide bonds. The molecule has 0 fully saturated rings. The van der Waals surface area contributed by atoms with Gasteiger partial charge in [-0.05, 0) is 17.5 Å². The summed E-state index contributed by atoms with van der Waals surface area (Å²) < 4.78 is 0. The molecule has 1 atom stereocenters. The maximum Gasteiger partial charge on any atom is 0.226 e. The molecule has 0 saturated carbocycles. The van der Waals surface area contributed by atoms with Crippen molar-refractivity contribution in [1.82, 2.24) is 10.3 Å². The number of hydrogen-bond donors (Lipinski definition) is 2. The molecule has 1 rings (SSSR count). The SMILES string of the molecule is CC(C)(C)C(CN)NC(=O)Cc1ccccn1. The van der Waals surface area contributed by atoms with Crippen LogP contribution >= 0.6 is 0 Å². The number of carbonyl (C=O) groups excluding carboxylic acids is 1. The van der Waals surface area contributed by atoms with E-state index < -0.39 is 0 Å². The monoisotopic (exact) mass is 235 g/mol. The first-order valence-electron chi connectivity index (χ1n) is 5.83. The Hall–Kier alpha value is -1.42. The second-order valence-electron chi connectivity index (χ2n) is 5.22. The number of aromatic nitrogens is 1. The van der Waals surface area contributed by atoms with E-state index in [0.717, 1.165) is 5.69 Å². The maximum atomic E-state index is 11.8. The third-order valence-corrected chi connectivity index (χ3v) is 2.68. The van der Waals surface area contributed by atoms with Crippen LogP contribution in [0.1, 0.15) is 26.5 Å². The zero-order valence-electron chi connectivity index (χ0n) is 10.7. The Morgan fingerprint density at radius 3 is 2.65 bits per heavy atom. The van der Waals surface area contributed by atoms with Gasteiger partial charge in [0.15, 0.2) is 0 Å². The van der Waals surface area contributed by atoms with Crippen LogP contribution in [0.2, 0.25) is 0 Å². The fourth-order valence-electron chi connectivity index (χ4n) is 1.54. The van der Waals surface area contributed by atoms with Gasteiger partial charge in [0, 0.05) is 24.5 Å². The standard InChI is InChI=1S/C13H21N3O/c1-13(2,3)11(9-14)16-12(17)8-10-6-4-5-7-15-10/h4-7,11H,8-9,14H2,1-3H3,(H,16,17). The van der Waals surface area contributed by atoms with Crippen molar-refractivity contribution in [2.75, 3.05) is 6.54 Å². The zero-order chi connectivity index (χ0) is 12.9. The van der Waals surface area contributed by atoms with Gasteiger partial charge >= 0.3 is 0 Å². The Labute approximate surface area is 103 Å². The van der Waals surface area contributed by atoms with E-state index in [4.69, 9.17) is 5.73 Å². The van der Waals surface area contributed by atoms with Crippen molar-refractivity contribution in [3.63, 3.8) is 0 Å². The number of rotatable bonds is 4. The van der Waals surface area contributed by atoms with E-state index in [0.29, 0.717) is 13.0 Å². The van der Waals surface area contributed by atoms with Crippen LogP contribution in [0.5, 0.6) is 0 Å². The smallest absolute Gasteiger partial charge is 0.226 e. The highest BCUT2D eigenvalue weighted by Gasteiger charge is 2.24. The molecule has 94 valence electrons. The first-order chi connectivity index (χ1) is 7.93. The van der Waals surface area contributed by atoms with E-state index in [1.165, 1.54) is 0 Å². The van der Waals surface area contributed by atoms with Crippen molar-refractivity contribution in [1.29, 1.82) is 0 Å². The lowest BCUT2D eigenvalue weighted by Crippen LogP contribution is -2.48. The third-order valence-electron chi connectivity index (χ3n) is 2.68. The molecule has 4 nitrogen and oxygen atoms in total. The van der Waals surface area contributed by atoms with Crippen LogP contribution in [0.4, 0.5) is 0 Å². The molecule has 1 unspecified atom stereocenters. The van der Waals surface area contributed by atoms with Crippen LogP contribution in [0, 0.1) is 5.41 Å². The van der Waals surface area contributed by atoms with E-state index in [2.05, 4.69) is 31.1 Å². The molecule has 0 spiro atoms. The summed E-state index contributed by atoms with van der Waals surface area (Å²) >= 11 is 0. The molecule has 0 bridgehead atoms. The highest BCUT2D eigenvalue weighted by molar-refractivity contribution is 5.78. The Kier molecular flexibility index (Phi) is 4.63. The highest BCUT2D eigenvalue weighted by atomic mass is 16.1. The van der Waals surface area contributed by atoms with Gasteiger partial charge in [-0.3, -0.25) is 9.78 Å². The van der Waals surface area contributed by atoms with E-state index in [1.54, 1.807) is 6.20 Å². The summed E-state index contributed by atoms with van der Waals surface area (Å²) in [5.41, 5.74) is 6.41. The predicted molar refractivity (Wildman–Crippen MR) is 68.4 cm³/mol. The van der Waals surface area contributed by atoms with E-state index in [9.17, 15) is 4.79 Å². The minimum Gasteiger partial charge on any atom is -0.351 e. The number of hydrogen-bond acceptors (Lipinski definition) is 3.